The van der Waals surface area contributed by atoms with Gasteiger partial charge in [0.1, 0.15) is 5.84 Å². The molecule has 134 valence electrons. The fourth-order valence-corrected chi connectivity index (χ4v) is 2.23. The number of aromatic carboxylic acids is 3. The van der Waals surface area contributed by atoms with Gasteiger partial charge in [0.2, 0.25) is 0 Å². The van der Waals surface area contributed by atoms with Crippen LogP contribution in [0.4, 0.5) is 0 Å². The van der Waals surface area contributed by atoms with Gasteiger partial charge in [-0.1, -0.05) is 30.3 Å². The van der Waals surface area contributed by atoms with Gasteiger partial charge in [-0.05, 0) is 18.2 Å². The molecule has 3 rings (SSSR count). The van der Waals surface area contributed by atoms with Gasteiger partial charge in [-0.25, -0.2) is 14.4 Å². The zero-order chi connectivity index (χ0) is 19.1. The number of benzene rings is 2. The summed E-state index contributed by atoms with van der Waals surface area (Å²) in [5, 5.41) is 29.1. The topological polar surface area (TPSA) is 136 Å². The van der Waals surface area contributed by atoms with Gasteiger partial charge in [0.05, 0.1) is 23.2 Å². The van der Waals surface area contributed by atoms with Crippen molar-refractivity contribution in [1.29, 1.82) is 0 Å². The van der Waals surface area contributed by atoms with Gasteiger partial charge in [-0.3, -0.25) is 4.99 Å². The van der Waals surface area contributed by atoms with Crippen LogP contribution in [-0.2, 0) is 0 Å². The normalized spacial score (nSPS) is 12.2. The summed E-state index contributed by atoms with van der Waals surface area (Å²) in [5.41, 5.74) is -0.0581. The van der Waals surface area contributed by atoms with E-state index in [2.05, 4.69) is 22.4 Å². The molecule has 8 heteroatoms. The van der Waals surface area contributed by atoms with Crippen molar-refractivity contribution in [2.45, 2.75) is 0 Å². The number of carboxylic acid groups (broad SMARTS) is 3. The van der Waals surface area contributed by atoms with Crippen molar-refractivity contribution >= 4 is 23.7 Å². The number of carboxylic acids is 3. The number of hydrogen-bond acceptors (Lipinski definition) is 5. The third-order valence-corrected chi connectivity index (χ3v) is 3.45. The average molecular weight is 356 g/mol. The van der Waals surface area contributed by atoms with Crippen LogP contribution < -0.4 is 5.32 Å². The van der Waals surface area contributed by atoms with Gasteiger partial charge in [0, 0.05) is 12.1 Å². The Morgan fingerprint density at radius 1 is 0.846 bits per heavy atom. The molecule has 4 N–H and O–H groups in total. The molecule has 8 nitrogen and oxygen atoms in total. The van der Waals surface area contributed by atoms with E-state index in [4.69, 9.17) is 15.3 Å². The lowest BCUT2D eigenvalue weighted by atomic mass is 10.0. The Kier molecular flexibility index (Phi) is 6.05. The van der Waals surface area contributed by atoms with Gasteiger partial charge >= 0.3 is 17.9 Å². The molecule has 0 unspecified atom stereocenters. The lowest BCUT2D eigenvalue weighted by Crippen LogP contribution is -2.19. The summed E-state index contributed by atoms with van der Waals surface area (Å²) in [4.78, 5) is 36.1. The van der Waals surface area contributed by atoms with Crippen molar-refractivity contribution in [2.24, 2.45) is 4.99 Å². The highest BCUT2D eigenvalue weighted by molar-refractivity contribution is 6.03. The Bertz CT molecular complexity index is 861. The second-order valence-corrected chi connectivity index (χ2v) is 5.20. The van der Waals surface area contributed by atoms with Gasteiger partial charge in [0.25, 0.3) is 0 Å². The molecular formula is C18H16N2O6. The van der Waals surface area contributed by atoms with Crippen molar-refractivity contribution in [2.75, 3.05) is 13.1 Å². The molecule has 0 bridgehead atoms. The summed E-state index contributed by atoms with van der Waals surface area (Å²) >= 11 is 0. The second kappa shape index (κ2) is 8.43. The summed E-state index contributed by atoms with van der Waals surface area (Å²) in [6.45, 7) is 1.88. The minimum absolute atomic E-state index is 0.266. The standard InChI is InChI=1S/C9H10N2.C9H6O6/c1-2-4-8(5-3-1)9-10-6-7-11-9;10-7(11)4-1-2-5(8(12)13)6(3-4)9(14)15/h1-5H,6-7H2,(H,10,11);1-3H,(H,10,11)(H,12,13)(H,14,15). The Labute approximate surface area is 148 Å². The van der Waals surface area contributed by atoms with Crippen LogP contribution in [0.3, 0.4) is 0 Å². The maximum atomic E-state index is 10.6. The van der Waals surface area contributed by atoms with Gasteiger partial charge < -0.3 is 20.6 Å². The number of nitrogens with one attached hydrogen (secondary N) is 1. The average Bonchev–Trinajstić information content (AvgIpc) is 3.17. The van der Waals surface area contributed by atoms with Crippen LogP contribution in [0.25, 0.3) is 0 Å². The Morgan fingerprint density at radius 2 is 1.50 bits per heavy atom. The van der Waals surface area contributed by atoms with Crippen molar-refractivity contribution in [3.8, 4) is 0 Å². The Hall–Kier alpha value is -3.68. The predicted octanol–water partition coefficient (Wildman–Crippen LogP) is 1.82. The van der Waals surface area contributed by atoms with Crippen molar-refractivity contribution in [3.63, 3.8) is 0 Å². The summed E-state index contributed by atoms with van der Waals surface area (Å²) < 4.78 is 0. The minimum atomic E-state index is -1.48. The van der Waals surface area contributed by atoms with Crippen molar-refractivity contribution < 1.29 is 29.7 Å². The number of nitrogens with zero attached hydrogens (tertiary/aromatic N) is 1. The van der Waals surface area contributed by atoms with Crippen LogP contribution >= 0.6 is 0 Å². The summed E-state index contributed by atoms with van der Waals surface area (Å²) in [7, 11) is 0. The van der Waals surface area contributed by atoms with Gasteiger partial charge in [-0.2, -0.15) is 0 Å². The molecule has 0 saturated carbocycles. The maximum absolute atomic E-state index is 10.6. The predicted molar refractivity (Wildman–Crippen MR) is 93.2 cm³/mol. The number of hydrogen-bond donors (Lipinski definition) is 4. The smallest absolute Gasteiger partial charge is 0.336 e. The van der Waals surface area contributed by atoms with Gasteiger partial charge in [0.15, 0.2) is 0 Å². The summed E-state index contributed by atoms with van der Waals surface area (Å²) in [6.07, 6.45) is 0. The zero-order valence-corrected chi connectivity index (χ0v) is 13.5. The molecule has 0 fully saturated rings. The molecule has 0 aromatic heterocycles. The van der Waals surface area contributed by atoms with E-state index in [-0.39, 0.29) is 5.56 Å². The highest BCUT2D eigenvalue weighted by Crippen LogP contribution is 2.12. The number of amidine groups is 1. The molecule has 0 atom stereocenters. The SMILES string of the molecule is O=C(O)c1ccc(C(=O)O)c(C(=O)O)c1.c1ccc(C2=NCCN2)cc1. The van der Waals surface area contributed by atoms with Crippen LogP contribution in [0.15, 0.2) is 53.5 Å². The fraction of sp³-hybridized carbons (Fsp3) is 0.111. The van der Waals surface area contributed by atoms with E-state index in [1.165, 1.54) is 5.56 Å². The second-order valence-electron chi connectivity index (χ2n) is 5.20. The Balaban J connectivity index is 0.000000195. The highest BCUT2D eigenvalue weighted by atomic mass is 16.4. The van der Waals surface area contributed by atoms with Gasteiger partial charge in [-0.15, -0.1) is 0 Å². The molecule has 0 amide bonds. The van der Waals surface area contributed by atoms with Crippen molar-refractivity contribution in [1.82, 2.24) is 5.32 Å². The third-order valence-electron chi connectivity index (χ3n) is 3.45. The lowest BCUT2D eigenvalue weighted by Gasteiger charge is -2.02. The van der Waals surface area contributed by atoms with E-state index >= 15 is 0 Å². The Morgan fingerprint density at radius 3 is 2.00 bits per heavy atom. The molecule has 1 aliphatic rings. The van der Waals surface area contributed by atoms with E-state index < -0.39 is 29.0 Å². The first-order valence-corrected chi connectivity index (χ1v) is 7.58. The van der Waals surface area contributed by atoms with Crippen LogP contribution in [0, 0.1) is 0 Å². The fourth-order valence-electron chi connectivity index (χ4n) is 2.23. The van der Waals surface area contributed by atoms with E-state index in [0.717, 1.165) is 37.1 Å². The first-order chi connectivity index (χ1) is 12.4. The number of carbonyl (C=O) groups is 3. The molecule has 0 aliphatic carbocycles. The van der Waals surface area contributed by atoms with E-state index in [1.807, 2.05) is 18.2 Å². The molecule has 0 radical (unpaired) electrons. The quantitative estimate of drug-likeness (QED) is 0.656. The molecule has 1 aliphatic heterocycles. The van der Waals surface area contributed by atoms with Crippen LogP contribution in [0.2, 0.25) is 0 Å². The van der Waals surface area contributed by atoms with Crippen LogP contribution in [0.1, 0.15) is 36.6 Å². The zero-order valence-electron chi connectivity index (χ0n) is 13.5. The first-order valence-electron chi connectivity index (χ1n) is 7.58. The van der Waals surface area contributed by atoms with E-state index in [1.54, 1.807) is 0 Å². The molecule has 2 aromatic rings. The highest BCUT2D eigenvalue weighted by Gasteiger charge is 2.17. The largest absolute Gasteiger partial charge is 0.478 e. The molecule has 26 heavy (non-hydrogen) atoms. The molecule has 0 spiro atoms. The van der Waals surface area contributed by atoms with Crippen LogP contribution in [0.5, 0.6) is 0 Å². The van der Waals surface area contributed by atoms with E-state index in [0.29, 0.717) is 0 Å². The van der Waals surface area contributed by atoms with Crippen molar-refractivity contribution in [3.05, 3.63) is 70.8 Å². The van der Waals surface area contributed by atoms with Crippen LogP contribution in [-0.4, -0.2) is 52.2 Å². The third kappa shape index (κ3) is 4.67. The summed E-state index contributed by atoms with van der Waals surface area (Å²) in [5.74, 6) is -3.17. The molecule has 1 heterocycles. The minimum Gasteiger partial charge on any atom is -0.478 e. The van der Waals surface area contributed by atoms with E-state index in [9.17, 15) is 14.4 Å². The molecule has 0 saturated heterocycles. The summed E-state index contributed by atoms with van der Waals surface area (Å²) in [6, 6.07) is 13.0. The monoisotopic (exact) mass is 356 g/mol. The lowest BCUT2D eigenvalue weighted by molar-refractivity contribution is 0.0649. The molecular weight excluding hydrogens is 340 g/mol. The molecule has 2 aromatic carbocycles. The maximum Gasteiger partial charge on any atom is 0.336 e. The number of rotatable bonds is 4. The first kappa shape index (κ1) is 18.7. The number of aliphatic imine (C=N–C) groups is 1.